The lowest BCUT2D eigenvalue weighted by Crippen LogP contribution is -2.11. The lowest BCUT2D eigenvalue weighted by atomic mass is 10.2. The highest BCUT2D eigenvalue weighted by atomic mass is 19.1. The third kappa shape index (κ3) is 2.32. The van der Waals surface area contributed by atoms with Crippen LogP contribution in [0.4, 0.5) is 20.2 Å². The van der Waals surface area contributed by atoms with Crippen molar-refractivity contribution in [2.45, 2.75) is 13.0 Å². The fraction of sp³-hybridized carbons (Fsp3) is 0.200. The number of nitrogens with two attached hydrogens (primary N) is 1. The Kier molecular flexibility index (Phi) is 2.90. The van der Waals surface area contributed by atoms with Crippen LogP contribution < -0.4 is 11.1 Å². The van der Waals surface area contributed by atoms with Gasteiger partial charge in [-0.05, 0) is 19.1 Å². The van der Waals surface area contributed by atoms with E-state index in [1.54, 1.807) is 6.92 Å². The molecule has 0 bridgehead atoms. The number of aromatic amines is 1. The van der Waals surface area contributed by atoms with Crippen LogP contribution in [0.15, 0.2) is 18.5 Å². The summed E-state index contributed by atoms with van der Waals surface area (Å²) in [6.45, 7) is 1.70. The van der Waals surface area contributed by atoms with E-state index in [9.17, 15) is 8.78 Å². The molecular formula is C10H11F2N5. The molecule has 1 aromatic carbocycles. The number of hydrogen-bond acceptors (Lipinski definition) is 4. The summed E-state index contributed by atoms with van der Waals surface area (Å²) in [7, 11) is 0. The Hall–Kier alpha value is -2.18. The van der Waals surface area contributed by atoms with Crippen molar-refractivity contribution in [3.63, 3.8) is 0 Å². The number of anilines is 2. The van der Waals surface area contributed by atoms with Crippen LogP contribution in [0.1, 0.15) is 18.8 Å². The molecule has 1 heterocycles. The number of benzene rings is 1. The molecule has 0 aliphatic heterocycles. The van der Waals surface area contributed by atoms with E-state index >= 15 is 0 Å². The van der Waals surface area contributed by atoms with Crippen molar-refractivity contribution in [1.82, 2.24) is 15.2 Å². The third-order valence-electron chi connectivity index (χ3n) is 2.27. The summed E-state index contributed by atoms with van der Waals surface area (Å²) in [6, 6.07) is 1.71. The standard InChI is InChI=1S/C10H11F2N5/c1-5(10-14-4-15-17-10)16-9-7(11)2-6(13)3-8(9)12/h2-5,16H,13H2,1H3,(H,14,15,17). The number of nitrogens with zero attached hydrogens (tertiary/aromatic N) is 2. The summed E-state index contributed by atoms with van der Waals surface area (Å²) in [5.41, 5.74) is 5.12. The van der Waals surface area contributed by atoms with Gasteiger partial charge in [-0.15, -0.1) is 0 Å². The first-order valence-corrected chi connectivity index (χ1v) is 4.94. The Morgan fingerprint density at radius 1 is 1.35 bits per heavy atom. The van der Waals surface area contributed by atoms with E-state index in [0.29, 0.717) is 5.82 Å². The number of halogens is 2. The molecule has 1 atom stereocenters. The van der Waals surface area contributed by atoms with Gasteiger partial charge in [0.2, 0.25) is 0 Å². The van der Waals surface area contributed by atoms with E-state index in [1.807, 2.05) is 0 Å². The van der Waals surface area contributed by atoms with Gasteiger partial charge in [0.1, 0.15) is 17.8 Å². The molecule has 17 heavy (non-hydrogen) atoms. The highest BCUT2D eigenvalue weighted by Crippen LogP contribution is 2.25. The fourth-order valence-corrected chi connectivity index (χ4v) is 1.44. The predicted octanol–water partition coefficient (Wildman–Crippen LogP) is 1.84. The van der Waals surface area contributed by atoms with Gasteiger partial charge in [0.15, 0.2) is 11.6 Å². The summed E-state index contributed by atoms with van der Waals surface area (Å²) in [4.78, 5) is 3.89. The van der Waals surface area contributed by atoms with Crippen LogP contribution in [-0.2, 0) is 0 Å². The van der Waals surface area contributed by atoms with Gasteiger partial charge in [-0.1, -0.05) is 0 Å². The molecule has 0 saturated heterocycles. The molecule has 0 fully saturated rings. The van der Waals surface area contributed by atoms with E-state index in [0.717, 1.165) is 12.1 Å². The largest absolute Gasteiger partial charge is 0.399 e. The number of nitrogen functional groups attached to an aromatic ring is 1. The average Bonchev–Trinajstić information content (AvgIpc) is 2.76. The predicted molar refractivity (Wildman–Crippen MR) is 59.2 cm³/mol. The summed E-state index contributed by atoms with van der Waals surface area (Å²) in [6.07, 6.45) is 1.32. The minimum Gasteiger partial charge on any atom is -0.399 e. The number of nitrogens with one attached hydrogen (secondary N) is 2. The topological polar surface area (TPSA) is 79.6 Å². The Balaban J connectivity index is 2.25. The molecule has 5 nitrogen and oxygen atoms in total. The van der Waals surface area contributed by atoms with Gasteiger partial charge in [-0.3, -0.25) is 5.10 Å². The fourth-order valence-electron chi connectivity index (χ4n) is 1.44. The quantitative estimate of drug-likeness (QED) is 0.714. The molecule has 90 valence electrons. The van der Waals surface area contributed by atoms with Crippen molar-refractivity contribution in [2.75, 3.05) is 11.1 Å². The molecule has 2 rings (SSSR count). The molecule has 7 heteroatoms. The maximum atomic E-state index is 13.5. The van der Waals surface area contributed by atoms with Crippen molar-refractivity contribution < 1.29 is 8.78 Å². The molecule has 0 aliphatic carbocycles. The van der Waals surface area contributed by atoms with Gasteiger partial charge in [0.25, 0.3) is 0 Å². The smallest absolute Gasteiger partial charge is 0.151 e. The first-order valence-electron chi connectivity index (χ1n) is 4.94. The molecule has 4 N–H and O–H groups in total. The van der Waals surface area contributed by atoms with Gasteiger partial charge >= 0.3 is 0 Å². The van der Waals surface area contributed by atoms with Gasteiger partial charge in [-0.2, -0.15) is 5.10 Å². The SMILES string of the molecule is CC(Nc1c(F)cc(N)cc1F)c1ncn[nH]1. The second kappa shape index (κ2) is 4.36. The molecular weight excluding hydrogens is 228 g/mol. The van der Waals surface area contributed by atoms with E-state index in [4.69, 9.17) is 5.73 Å². The van der Waals surface area contributed by atoms with Crippen molar-refractivity contribution in [2.24, 2.45) is 0 Å². The maximum absolute atomic E-state index is 13.5. The van der Waals surface area contributed by atoms with Gasteiger partial charge < -0.3 is 11.1 Å². The molecule has 0 radical (unpaired) electrons. The lowest BCUT2D eigenvalue weighted by Gasteiger charge is -2.14. The van der Waals surface area contributed by atoms with Crippen LogP contribution in [0.2, 0.25) is 0 Å². The van der Waals surface area contributed by atoms with Crippen LogP contribution in [0, 0.1) is 11.6 Å². The minimum absolute atomic E-state index is 0.0397. The van der Waals surface area contributed by atoms with Crippen molar-refractivity contribution >= 4 is 11.4 Å². The number of aromatic nitrogens is 3. The van der Waals surface area contributed by atoms with Gasteiger partial charge in [0.05, 0.1) is 6.04 Å². The zero-order valence-electron chi connectivity index (χ0n) is 9.04. The van der Waals surface area contributed by atoms with Crippen LogP contribution in [-0.4, -0.2) is 15.2 Å². The monoisotopic (exact) mass is 239 g/mol. The molecule has 1 unspecified atom stereocenters. The van der Waals surface area contributed by atoms with Crippen molar-refractivity contribution in [1.29, 1.82) is 0 Å². The van der Waals surface area contributed by atoms with Crippen LogP contribution in [0.5, 0.6) is 0 Å². The molecule has 0 spiro atoms. The molecule has 1 aromatic heterocycles. The minimum atomic E-state index is -0.742. The Morgan fingerprint density at radius 2 is 2.00 bits per heavy atom. The molecule has 0 amide bonds. The van der Waals surface area contributed by atoms with Crippen LogP contribution in [0.3, 0.4) is 0 Å². The summed E-state index contributed by atoms with van der Waals surface area (Å²) >= 11 is 0. The van der Waals surface area contributed by atoms with Crippen molar-refractivity contribution in [3.8, 4) is 0 Å². The van der Waals surface area contributed by atoms with Gasteiger partial charge in [0, 0.05) is 5.69 Å². The second-order valence-electron chi connectivity index (χ2n) is 3.60. The first kappa shape index (κ1) is 11.3. The van der Waals surface area contributed by atoms with Crippen LogP contribution in [0.25, 0.3) is 0 Å². The number of rotatable bonds is 3. The summed E-state index contributed by atoms with van der Waals surface area (Å²) in [5, 5.41) is 8.94. The Labute approximate surface area is 96.1 Å². The zero-order chi connectivity index (χ0) is 12.4. The first-order chi connectivity index (χ1) is 8.08. The Morgan fingerprint density at radius 3 is 2.53 bits per heavy atom. The summed E-state index contributed by atoms with van der Waals surface area (Å²) < 4.78 is 27.0. The van der Waals surface area contributed by atoms with Crippen LogP contribution >= 0.6 is 0 Å². The highest BCUT2D eigenvalue weighted by molar-refractivity contribution is 5.54. The maximum Gasteiger partial charge on any atom is 0.151 e. The highest BCUT2D eigenvalue weighted by Gasteiger charge is 2.15. The van der Waals surface area contributed by atoms with Crippen molar-refractivity contribution in [3.05, 3.63) is 35.9 Å². The lowest BCUT2D eigenvalue weighted by molar-refractivity contribution is 0.584. The third-order valence-corrected chi connectivity index (χ3v) is 2.27. The van der Waals surface area contributed by atoms with Gasteiger partial charge in [-0.25, -0.2) is 13.8 Å². The normalized spacial score (nSPS) is 12.4. The van der Waals surface area contributed by atoms with E-state index in [2.05, 4.69) is 20.5 Å². The molecule has 2 aromatic rings. The molecule has 0 saturated carbocycles. The van der Waals surface area contributed by atoms with E-state index in [-0.39, 0.29) is 11.4 Å². The zero-order valence-corrected chi connectivity index (χ0v) is 9.04. The average molecular weight is 239 g/mol. The summed E-state index contributed by atoms with van der Waals surface area (Å²) in [5.74, 6) is -0.997. The van der Waals surface area contributed by atoms with E-state index < -0.39 is 17.7 Å². The molecule has 0 aliphatic rings. The van der Waals surface area contributed by atoms with E-state index in [1.165, 1.54) is 6.33 Å². The number of H-pyrrole nitrogens is 1. The number of hydrogen-bond donors (Lipinski definition) is 3. The Bertz CT molecular complexity index is 488. The second-order valence-corrected chi connectivity index (χ2v) is 3.60.